The van der Waals surface area contributed by atoms with E-state index in [0.29, 0.717) is 5.75 Å². The van der Waals surface area contributed by atoms with Crippen molar-refractivity contribution in [1.29, 1.82) is 0 Å². The van der Waals surface area contributed by atoms with E-state index in [1.54, 1.807) is 24.3 Å². The number of phenols is 3. The first-order valence-corrected chi connectivity index (χ1v) is 12.7. The average molecular weight is 457 g/mol. The molecule has 0 radical (unpaired) electrons. The number of rotatable bonds is 17. The van der Waals surface area contributed by atoms with Gasteiger partial charge < -0.3 is 25.1 Å². The highest BCUT2D eigenvalue weighted by atomic mass is 16.3. The van der Waals surface area contributed by atoms with Crippen molar-refractivity contribution in [2.45, 2.75) is 65.2 Å². The molecule has 0 bridgehead atoms. The fraction of sp³-hybridized carbons (Fsp3) is 0.571. The molecule has 0 saturated carbocycles. The zero-order chi connectivity index (χ0) is 23.9. The van der Waals surface area contributed by atoms with Gasteiger partial charge in [0.2, 0.25) is 0 Å². The van der Waals surface area contributed by atoms with Gasteiger partial charge in [0.15, 0.2) is 11.5 Å². The van der Waals surface area contributed by atoms with Crippen LogP contribution < -0.4 is 0 Å². The summed E-state index contributed by atoms with van der Waals surface area (Å²) >= 11 is 0. The molecule has 0 fully saturated rings. The van der Waals surface area contributed by atoms with Gasteiger partial charge in [0.05, 0.1) is 0 Å². The van der Waals surface area contributed by atoms with Crippen LogP contribution in [-0.2, 0) is 12.8 Å². The highest BCUT2D eigenvalue weighted by Crippen LogP contribution is 2.25. The standard InChI is InChI=1S/C28H44N2O3/c1-3-17-29(21-15-24-9-12-26(31)13-10-24)19-7-5-6-8-20-30(18-4-2)22-16-25-11-14-27(32)28(33)23-25/h9-14,23,31-33H,3-8,15-22H2,1-2H3. The second kappa shape index (κ2) is 15.6. The first-order valence-electron chi connectivity index (χ1n) is 12.7. The third-order valence-electron chi connectivity index (χ3n) is 6.19. The molecule has 33 heavy (non-hydrogen) atoms. The second-order valence-corrected chi connectivity index (χ2v) is 9.09. The van der Waals surface area contributed by atoms with Crippen LogP contribution in [0.2, 0.25) is 0 Å². The van der Waals surface area contributed by atoms with Gasteiger partial charge in [-0.05, 0) is 100 Å². The summed E-state index contributed by atoms with van der Waals surface area (Å²) in [6.07, 6.45) is 9.25. The Morgan fingerprint density at radius 2 is 1.06 bits per heavy atom. The van der Waals surface area contributed by atoms with Crippen LogP contribution in [0, 0.1) is 0 Å². The van der Waals surface area contributed by atoms with Crippen molar-refractivity contribution < 1.29 is 15.3 Å². The Morgan fingerprint density at radius 1 is 0.545 bits per heavy atom. The molecule has 0 amide bonds. The normalized spacial score (nSPS) is 11.5. The molecular weight excluding hydrogens is 412 g/mol. The lowest BCUT2D eigenvalue weighted by Gasteiger charge is -2.23. The first-order chi connectivity index (χ1) is 16.0. The highest BCUT2D eigenvalue weighted by Gasteiger charge is 2.08. The molecule has 2 rings (SSSR count). The van der Waals surface area contributed by atoms with Gasteiger partial charge in [0.1, 0.15) is 5.75 Å². The molecule has 5 nitrogen and oxygen atoms in total. The average Bonchev–Trinajstić information content (AvgIpc) is 2.81. The van der Waals surface area contributed by atoms with Crippen molar-refractivity contribution >= 4 is 0 Å². The van der Waals surface area contributed by atoms with E-state index in [1.165, 1.54) is 37.7 Å². The van der Waals surface area contributed by atoms with Crippen molar-refractivity contribution in [2.24, 2.45) is 0 Å². The minimum atomic E-state index is -0.0537. The van der Waals surface area contributed by atoms with E-state index in [1.807, 2.05) is 18.2 Å². The van der Waals surface area contributed by atoms with E-state index in [0.717, 1.165) is 64.1 Å². The highest BCUT2D eigenvalue weighted by molar-refractivity contribution is 5.40. The smallest absolute Gasteiger partial charge is 0.157 e. The molecule has 0 spiro atoms. The Kier molecular flexibility index (Phi) is 12.7. The van der Waals surface area contributed by atoms with Crippen LogP contribution in [-0.4, -0.2) is 64.4 Å². The number of unbranched alkanes of at least 4 members (excludes halogenated alkanes) is 3. The predicted molar refractivity (Wildman–Crippen MR) is 137 cm³/mol. The lowest BCUT2D eigenvalue weighted by Crippen LogP contribution is -2.29. The molecule has 2 aromatic rings. The monoisotopic (exact) mass is 456 g/mol. The predicted octanol–water partition coefficient (Wildman–Crippen LogP) is 5.57. The van der Waals surface area contributed by atoms with Gasteiger partial charge in [0, 0.05) is 13.1 Å². The van der Waals surface area contributed by atoms with Gasteiger partial charge in [-0.15, -0.1) is 0 Å². The summed E-state index contributed by atoms with van der Waals surface area (Å²) in [7, 11) is 0. The van der Waals surface area contributed by atoms with Gasteiger partial charge in [-0.2, -0.15) is 0 Å². The molecule has 0 aliphatic carbocycles. The minimum Gasteiger partial charge on any atom is -0.508 e. The second-order valence-electron chi connectivity index (χ2n) is 9.09. The van der Waals surface area contributed by atoms with Crippen LogP contribution >= 0.6 is 0 Å². The Balaban J connectivity index is 1.63. The molecule has 0 aliphatic rings. The summed E-state index contributed by atoms with van der Waals surface area (Å²) < 4.78 is 0. The summed E-state index contributed by atoms with van der Waals surface area (Å²) in [6.45, 7) is 11.1. The molecule has 0 aromatic heterocycles. The van der Waals surface area contributed by atoms with Gasteiger partial charge >= 0.3 is 0 Å². The largest absolute Gasteiger partial charge is 0.508 e. The summed E-state index contributed by atoms with van der Waals surface area (Å²) in [6, 6.07) is 12.7. The van der Waals surface area contributed by atoms with Crippen molar-refractivity contribution in [3.05, 3.63) is 53.6 Å². The number of nitrogens with zero attached hydrogens (tertiary/aromatic N) is 2. The van der Waals surface area contributed by atoms with E-state index >= 15 is 0 Å². The quantitative estimate of drug-likeness (QED) is 0.214. The lowest BCUT2D eigenvalue weighted by molar-refractivity contribution is 0.259. The van der Waals surface area contributed by atoms with Crippen LogP contribution in [0.15, 0.2) is 42.5 Å². The maximum Gasteiger partial charge on any atom is 0.157 e. The lowest BCUT2D eigenvalue weighted by atomic mass is 10.1. The first kappa shape index (κ1) is 27.0. The number of aromatic hydroxyl groups is 3. The van der Waals surface area contributed by atoms with E-state index in [9.17, 15) is 15.3 Å². The molecule has 2 aromatic carbocycles. The third-order valence-corrected chi connectivity index (χ3v) is 6.19. The van der Waals surface area contributed by atoms with E-state index in [2.05, 4.69) is 23.6 Å². The molecule has 5 heteroatoms. The molecule has 0 aliphatic heterocycles. The van der Waals surface area contributed by atoms with Crippen LogP contribution in [0.25, 0.3) is 0 Å². The van der Waals surface area contributed by atoms with Crippen LogP contribution in [0.1, 0.15) is 63.5 Å². The Morgan fingerprint density at radius 3 is 1.58 bits per heavy atom. The van der Waals surface area contributed by atoms with Crippen LogP contribution in [0.3, 0.4) is 0 Å². The van der Waals surface area contributed by atoms with Gasteiger partial charge in [-0.3, -0.25) is 0 Å². The van der Waals surface area contributed by atoms with Gasteiger partial charge in [-0.1, -0.05) is 44.9 Å². The molecule has 0 unspecified atom stereocenters. The van der Waals surface area contributed by atoms with Crippen LogP contribution in [0.4, 0.5) is 0 Å². The summed E-state index contributed by atoms with van der Waals surface area (Å²) in [5, 5.41) is 28.6. The summed E-state index contributed by atoms with van der Waals surface area (Å²) in [4.78, 5) is 5.09. The fourth-order valence-corrected chi connectivity index (χ4v) is 4.29. The van der Waals surface area contributed by atoms with E-state index < -0.39 is 0 Å². The number of phenolic OH excluding ortho intramolecular Hbond substituents is 3. The third kappa shape index (κ3) is 11.0. The van der Waals surface area contributed by atoms with Crippen molar-refractivity contribution in [2.75, 3.05) is 39.3 Å². The van der Waals surface area contributed by atoms with Crippen molar-refractivity contribution in [1.82, 2.24) is 9.80 Å². The number of hydrogen-bond acceptors (Lipinski definition) is 5. The maximum atomic E-state index is 9.69. The van der Waals surface area contributed by atoms with E-state index in [4.69, 9.17) is 0 Å². The Bertz CT molecular complexity index is 779. The van der Waals surface area contributed by atoms with Crippen molar-refractivity contribution in [3.63, 3.8) is 0 Å². The van der Waals surface area contributed by atoms with Gasteiger partial charge in [0.25, 0.3) is 0 Å². The molecule has 0 atom stereocenters. The number of benzene rings is 2. The summed E-state index contributed by atoms with van der Waals surface area (Å²) in [5.74, 6) is 0.248. The van der Waals surface area contributed by atoms with E-state index in [-0.39, 0.29) is 11.5 Å². The molecule has 0 heterocycles. The number of hydrogen-bond donors (Lipinski definition) is 3. The molecular formula is C28H44N2O3. The summed E-state index contributed by atoms with van der Waals surface area (Å²) in [5.41, 5.74) is 2.35. The van der Waals surface area contributed by atoms with Crippen LogP contribution in [0.5, 0.6) is 17.2 Å². The molecule has 0 saturated heterocycles. The SMILES string of the molecule is CCCN(CCCCCCN(CCC)CCc1ccc(O)c(O)c1)CCc1ccc(O)cc1. The van der Waals surface area contributed by atoms with Gasteiger partial charge in [-0.25, -0.2) is 0 Å². The fourth-order valence-electron chi connectivity index (χ4n) is 4.29. The molecule has 3 N–H and O–H groups in total. The molecule has 184 valence electrons. The maximum absolute atomic E-state index is 9.69. The minimum absolute atomic E-state index is 0.0327. The zero-order valence-corrected chi connectivity index (χ0v) is 20.7. The zero-order valence-electron chi connectivity index (χ0n) is 20.7. The Labute approximate surface area is 200 Å². The Hall–Kier alpha value is -2.24. The van der Waals surface area contributed by atoms with Crippen molar-refractivity contribution in [3.8, 4) is 17.2 Å². The topological polar surface area (TPSA) is 67.2 Å².